The van der Waals surface area contributed by atoms with Crippen LogP contribution in [0.25, 0.3) is 10.2 Å². The summed E-state index contributed by atoms with van der Waals surface area (Å²) in [7, 11) is 0. The molecule has 24 heavy (non-hydrogen) atoms. The van der Waals surface area contributed by atoms with Gasteiger partial charge >= 0.3 is 5.97 Å². The Morgan fingerprint density at radius 3 is 2.88 bits per heavy atom. The average Bonchev–Trinajstić information content (AvgIpc) is 3.18. The van der Waals surface area contributed by atoms with Gasteiger partial charge in [0, 0.05) is 24.7 Å². The Balaban J connectivity index is 1.70. The molecule has 0 bridgehead atoms. The molecule has 0 aromatic carbocycles. The molecule has 4 rings (SSSR count). The SMILES string of the molecule is Cc1ccnc2sc(C(=O)N3C[C@@H]4CCC[C@@]4(C(=O)O)C3)c(C)c12. The van der Waals surface area contributed by atoms with Crippen molar-refractivity contribution in [2.45, 2.75) is 33.1 Å². The highest BCUT2D eigenvalue weighted by molar-refractivity contribution is 7.20. The zero-order valence-corrected chi connectivity index (χ0v) is 14.7. The summed E-state index contributed by atoms with van der Waals surface area (Å²) < 4.78 is 0. The zero-order chi connectivity index (χ0) is 17.1. The number of hydrogen-bond acceptors (Lipinski definition) is 4. The number of aliphatic carboxylic acids is 1. The number of pyridine rings is 1. The van der Waals surface area contributed by atoms with Gasteiger partial charge in [0.25, 0.3) is 5.91 Å². The third kappa shape index (κ3) is 2.02. The van der Waals surface area contributed by atoms with Gasteiger partial charge in [-0.05, 0) is 49.8 Å². The smallest absolute Gasteiger partial charge is 0.311 e. The number of carboxylic acid groups (broad SMARTS) is 1. The molecule has 3 heterocycles. The van der Waals surface area contributed by atoms with E-state index in [1.807, 2.05) is 19.9 Å². The van der Waals surface area contributed by atoms with Crippen LogP contribution >= 0.6 is 11.3 Å². The number of aromatic nitrogens is 1. The van der Waals surface area contributed by atoms with Gasteiger partial charge < -0.3 is 10.0 Å². The molecule has 2 aromatic heterocycles. The first-order valence-corrected chi connectivity index (χ1v) is 9.13. The van der Waals surface area contributed by atoms with Gasteiger partial charge in [-0.1, -0.05) is 6.42 Å². The molecule has 1 N–H and O–H groups in total. The van der Waals surface area contributed by atoms with Gasteiger partial charge in [0.1, 0.15) is 4.83 Å². The molecule has 0 radical (unpaired) electrons. The molecule has 2 aliphatic rings. The van der Waals surface area contributed by atoms with Crippen LogP contribution < -0.4 is 0 Å². The number of thiophene rings is 1. The molecule has 0 spiro atoms. The first-order valence-electron chi connectivity index (χ1n) is 8.31. The fourth-order valence-electron chi connectivity index (χ4n) is 4.49. The van der Waals surface area contributed by atoms with Crippen LogP contribution in [0.2, 0.25) is 0 Å². The predicted octanol–water partition coefficient (Wildman–Crippen LogP) is 3.24. The van der Waals surface area contributed by atoms with Crippen LogP contribution in [-0.2, 0) is 4.79 Å². The number of carbonyl (C=O) groups is 2. The molecule has 0 unspecified atom stereocenters. The molecule has 126 valence electrons. The van der Waals surface area contributed by atoms with E-state index < -0.39 is 11.4 Å². The van der Waals surface area contributed by atoms with E-state index in [-0.39, 0.29) is 11.8 Å². The number of aryl methyl sites for hydroxylation is 2. The van der Waals surface area contributed by atoms with Crippen LogP contribution in [0.1, 0.15) is 40.1 Å². The van der Waals surface area contributed by atoms with Crippen LogP contribution in [0.3, 0.4) is 0 Å². The molecular formula is C18H20N2O3S. The minimum absolute atomic E-state index is 0.0371. The Morgan fingerprint density at radius 1 is 1.42 bits per heavy atom. The third-order valence-electron chi connectivity index (χ3n) is 5.82. The lowest BCUT2D eigenvalue weighted by atomic mass is 9.81. The van der Waals surface area contributed by atoms with E-state index in [0.29, 0.717) is 24.4 Å². The number of rotatable bonds is 2. The quantitative estimate of drug-likeness (QED) is 0.908. The second kappa shape index (κ2) is 5.28. The highest BCUT2D eigenvalue weighted by atomic mass is 32.1. The second-order valence-corrected chi connectivity index (χ2v) is 8.10. The topological polar surface area (TPSA) is 70.5 Å². The summed E-state index contributed by atoms with van der Waals surface area (Å²) in [6.07, 6.45) is 4.30. The van der Waals surface area contributed by atoms with Crippen LogP contribution in [-0.4, -0.2) is 40.0 Å². The van der Waals surface area contributed by atoms with Crippen molar-refractivity contribution < 1.29 is 14.7 Å². The van der Waals surface area contributed by atoms with Crippen LogP contribution in [0.15, 0.2) is 12.3 Å². The lowest BCUT2D eigenvalue weighted by molar-refractivity contribution is -0.149. The Bertz CT molecular complexity index is 859. The van der Waals surface area contributed by atoms with Crippen LogP contribution in [0, 0.1) is 25.2 Å². The zero-order valence-electron chi connectivity index (χ0n) is 13.8. The summed E-state index contributed by atoms with van der Waals surface area (Å²) in [5, 5.41) is 10.8. The van der Waals surface area contributed by atoms with Gasteiger partial charge in [-0.25, -0.2) is 4.98 Å². The molecule has 1 saturated heterocycles. The number of amides is 1. The van der Waals surface area contributed by atoms with Gasteiger partial charge in [-0.2, -0.15) is 0 Å². The van der Waals surface area contributed by atoms with Gasteiger partial charge in [0.15, 0.2) is 0 Å². The van der Waals surface area contributed by atoms with Crippen molar-refractivity contribution in [3.8, 4) is 0 Å². The van der Waals surface area contributed by atoms with Crippen molar-refractivity contribution in [3.05, 3.63) is 28.3 Å². The van der Waals surface area contributed by atoms with E-state index >= 15 is 0 Å². The minimum Gasteiger partial charge on any atom is -0.481 e. The Morgan fingerprint density at radius 2 is 2.21 bits per heavy atom. The summed E-state index contributed by atoms with van der Waals surface area (Å²) in [5.41, 5.74) is 1.36. The summed E-state index contributed by atoms with van der Waals surface area (Å²) in [5.74, 6) is -0.690. The summed E-state index contributed by atoms with van der Waals surface area (Å²) in [4.78, 5) is 32.6. The summed E-state index contributed by atoms with van der Waals surface area (Å²) in [6.45, 7) is 4.89. The molecule has 2 atom stereocenters. The lowest BCUT2D eigenvalue weighted by Crippen LogP contribution is -2.37. The molecule has 5 nitrogen and oxygen atoms in total. The number of likely N-dealkylation sites (tertiary alicyclic amines) is 1. The minimum atomic E-state index is -0.745. The van der Waals surface area contributed by atoms with E-state index in [1.165, 1.54) is 11.3 Å². The maximum Gasteiger partial charge on any atom is 0.311 e. The van der Waals surface area contributed by atoms with Crippen molar-refractivity contribution in [3.63, 3.8) is 0 Å². The van der Waals surface area contributed by atoms with Gasteiger partial charge in [0.05, 0.1) is 10.3 Å². The summed E-state index contributed by atoms with van der Waals surface area (Å²) in [6, 6.07) is 1.95. The lowest BCUT2D eigenvalue weighted by Gasteiger charge is -2.23. The Hall–Kier alpha value is -1.95. The number of fused-ring (bicyclic) bond motifs is 2. The molecule has 2 fully saturated rings. The van der Waals surface area contributed by atoms with Gasteiger partial charge in [-0.15, -0.1) is 11.3 Å². The van der Waals surface area contributed by atoms with E-state index in [2.05, 4.69) is 4.98 Å². The number of nitrogens with zero attached hydrogens (tertiary/aromatic N) is 2. The standard InChI is InChI=1S/C18H20N2O3S/c1-10-5-7-19-15-13(10)11(2)14(24-15)16(21)20-8-12-4-3-6-18(12,9-20)17(22)23/h5,7,12H,3-4,6,8-9H2,1-2H3,(H,22,23)/t12-,18+/m0/s1. The number of carbonyl (C=O) groups excluding carboxylic acids is 1. The second-order valence-electron chi connectivity index (χ2n) is 7.10. The highest BCUT2D eigenvalue weighted by Crippen LogP contribution is 2.49. The van der Waals surface area contributed by atoms with Crippen molar-refractivity contribution in [2.75, 3.05) is 13.1 Å². The maximum absolute atomic E-state index is 13.1. The fraction of sp³-hybridized carbons (Fsp3) is 0.500. The molecule has 1 amide bonds. The van der Waals surface area contributed by atoms with Gasteiger partial charge in [0.2, 0.25) is 0 Å². The largest absolute Gasteiger partial charge is 0.481 e. The first-order chi connectivity index (χ1) is 11.4. The molecule has 6 heteroatoms. The monoisotopic (exact) mass is 344 g/mol. The van der Waals surface area contributed by atoms with Gasteiger partial charge in [-0.3, -0.25) is 9.59 Å². The molecule has 1 saturated carbocycles. The molecule has 1 aliphatic carbocycles. The van der Waals surface area contributed by atoms with Crippen LogP contribution in [0.5, 0.6) is 0 Å². The Labute approximate surface area is 144 Å². The van der Waals surface area contributed by atoms with Crippen molar-refractivity contribution in [2.24, 2.45) is 11.3 Å². The van der Waals surface area contributed by atoms with Crippen LogP contribution in [0.4, 0.5) is 0 Å². The summed E-state index contributed by atoms with van der Waals surface area (Å²) >= 11 is 1.42. The van der Waals surface area contributed by atoms with E-state index in [1.54, 1.807) is 11.1 Å². The Kier molecular flexibility index (Phi) is 3.42. The maximum atomic E-state index is 13.1. The molecular weight excluding hydrogens is 324 g/mol. The molecule has 1 aliphatic heterocycles. The number of hydrogen-bond donors (Lipinski definition) is 1. The first kappa shape index (κ1) is 15.6. The van der Waals surface area contributed by atoms with Crippen molar-refractivity contribution in [1.29, 1.82) is 0 Å². The van der Waals surface area contributed by atoms with E-state index in [4.69, 9.17) is 0 Å². The van der Waals surface area contributed by atoms with E-state index in [9.17, 15) is 14.7 Å². The van der Waals surface area contributed by atoms with Crippen molar-refractivity contribution in [1.82, 2.24) is 9.88 Å². The number of carboxylic acids is 1. The molecule has 2 aromatic rings. The van der Waals surface area contributed by atoms with E-state index in [0.717, 1.165) is 34.2 Å². The van der Waals surface area contributed by atoms with Crippen molar-refractivity contribution >= 4 is 33.4 Å². The average molecular weight is 344 g/mol. The fourth-order valence-corrected chi connectivity index (χ4v) is 5.69. The predicted molar refractivity (Wildman–Crippen MR) is 92.4 cm³/mol. The third-order valence-corrected chi connectivity index (χ3v) is 7.00. The highest BCUT2D eigenvalue weighted by Gasteiger charge is 2.56. The normalized spacial score (nSPS) is 26.1.